The topological polar surface area (TPSA) is 88.2 Å². The Morgan fingerprint density at radius 3 is 2.93 bits per heavy atom. The summed E-state index contributed by atoms with van der Waals surface area (Å²) in [6, 6.07) is 0.306. The molecule has 2 unspecified atom stereocenters. The highest BCUT2D eigenvalue weighted by Gasteiger charge is 2.24. The molecule has 0 spiro atoms. The van der Waals surface area contributed by atoms with Crippen LogP contribution >= 0.6 is 0 Å². The van der Waals surface area contributed by atoms with Crippen molar-refractivity contribution < 1.29 is 0 Å². The molecule has 1 aliphatic heterocycles. The summed E-state index contributed by atoms with van der Waals surface area (Å²) < 4.78 is 3.84. The van der Waals surface area contributed by atoms with E-state index >= 15 is 0 Å². The van der Waals surface area contributed by atoms with Crippen molar-refractivity contribution in [1.29, 1.82) is 0 Å². The van der Waals surface area contributed by atoms with E-state index in [1.54, 1.807) is 0 Å². The third-order valence-electron chi connectivity index (χ3n) is 4.79. The molecule has 27 heavy (non-hydrogen) atoms. The minimum absolute atomic E-state index is 0.133. The SMILES string of the molecule is CCNC(=NCC(c1cnn(C)c1)N(C)C)NC1CCCn2nc(C)nc21. The van der Waals surface area contributed by atoms with Crippen LogP contribution in [0.25, 0.3) is 0 Å². The summed E-state index contributed by atoms with van der Waals surface area (Å²) in [5.41, 5.74) is 1.16. The number of aromatic nitrogens is 5. The normalized spacial score (nSPS) is 18.4. The van der Waals surface area contributed by atoms with Crippen LogP contribution in [0.15, 0.2) is 17.4 Å². The smallest absolute Gasteiger partial charge is 0.191 e. The molecule has 3 heterocycles. The average Bonchev–Trinajstić information content (AvgIpc) is 3.20. The standard InChI is InChI=1S/C18H31N9/c1-6-19-18(20-11-16(25(3)4)14-10-21-26(5)12-14)23-15-8-7-9-27-17(15)22-13(2)24-27/h10,12,15-16H,6-9,11H2,1-5H3,(H2,19,20,23). The second-order valence-corrected chi connectivity index (χ2v) is 7.23. The molecule has 3 rings (SSSR count). The minimum atomic E-state index is 0.133. The van der Waals surface area contributed by atoms with E-state index in [4.69, 9.17) is 4.99 Å². The molecule has 0 amide bonds. The number of aryl methyl sites for hydroxylation is 3. The van der Waals surface area contributed by atoms with E-state index in [1.807, 2.05) is 35.7 Å². The lowest BCUT2D eigenvalue weighted by Gasteiger charge is -2.26. The van der Waals surface area contributed by atoms with Crippen LogP contribution in [0.1, 0.15) is 49.1 Å². The number of nitrogens with zero attached hydrogens (tertiary/aromatic N) is 7. The summed E-state index contributed by atoms with van der Waals surface area (Å²) in [7, 11) is 6.08. The molecular formula is C18H31N9. The lowest BCUT2D eigenvalue weighted by atomic mass is 10.1. The van der Waals surface area contributed by atoms with E-state index in [-0.39, 0.29) is 12.1 Å². The van der Waals surface area contributed by atoms with Crippen LogP contribution in [-0.4, -0.2) is 62.6 Å². The van der Waals surface area contributed by atoms with Crippen LogP contribution in [0.2, 0.25) is 0 Å². The molecule has 0 aromatic carbocycles. The van der Waals surface area contributed by atoms with Gasteiger partial charge in [-0.1, -0.05) is 0 Å². The fourth-order valence-corrected chi connectivity index (χ4v) is 3.45. The molecule has 0 fully saturated rings. The van der Waals surface area contributed by atoms with E-state index in [1.165, 1.54) is 0 Å². The zero-order chi connectivity index (χ0) is 19.4. The van der Waals surface area contributed by atoms with Crippen molar-refractivity contribution in [3.63, 3.8) is 0 Å². The van der Waals surface area contributed by atoms with E-state index in [0.29, 0.717) is 6.54 Å². The van der Waals surface area contributed by atoms with Crippen molar-refractivity contribution in [3.8, 4) is 0 Å². The minimum Gasteiger partial charge on any atom is -0.357 e. The Hall–Kier alpha value is -2.42. The molecule has 0 aliphatic carbocycles. The van der Waals surface area contributed by atoms with Gasteiger partial charge in [-0.15, -0.1) is 0 Å². The Labute approximate surface area is 160 Å². The van der Waals surface area contributed by atoms with E-state index in [9.17, 15) is 0 Å². The first-order valence-corrected chi connectivity index (χ1v) is 9.59. The van der Waals surface area contributed by atoms with Crippen LogP contribution < -0.4 is 10.6 Å². The second-order valence-electron chi connectivity index (χ2n) is 7.23. The number of hydrogen-bond acceptors (Lipinski definition) is 5. The summed E-state index contributed by atoms with van der Waals surface area (Å²) in [6.07, 6.45) is 6.07. The Kier molecular flexibility index (Phi) is 6.10. The summed E-state index contributed by atoms with van der Waals surface area (Å²) in [5.74, 6) is 2.64. The zero-order valence-electron chi connectivity index (χ0n) is 17.0. The van der Waals surface area contributed by atoms with Crippen LogP contribution in [0.3, 0.4) is 0 Å². The van der Waals surface area contributed by atoms with Crippen molar-refractivity contribution in [2.75, 3.05) is 27.2 Å². The van der Waals surface area contributed by atoms with Crippen molar-refractivity contribution in [1.82, 2.24) is 40.1 Å². The summed E-state index contributed by atoms with van der Waals surface area (Å²) >= 11 is 0. The Bertz CT molecular complexity index is 774. The molecular weight excluding hydrogens is 342 g/mol. The molecule has 0 saturated carbocycles. The zero-order valence-corrected chi connectivity index (χ0v) is 17.0. The van der Waals surface area contributed by atoms with Gasteiger partial charge < -0.3 is 15.5 Å². The molecule has 0 bridgehead atoms. The Morgan fingerprint density at radius 2 is 2.26 bits per heavy atom. The Balaban J connectivity index is 1.74. The van der Waals surface area contributed by atoms with Crippen molar-refractivity contribution in [2.24, 2.45) is 12.0 Å². The number of likely N-dealkylation sites (N-methyl/N-ethyl adjacent to an activating group) is 1. The number of aliphatic imine (C=N–C) groups is 1. The molecule has 148 valence electrons. The second kappa shape index (κ2) is 8.51. The maximum Gasteiger partial charge on any atom is 0.191 e. The van der Waals surface area contributed by atoms with E-state index in [2.05, 4.69) is 51.7 Å². The maximum absolute atomic E-state index is 4.85. The van der Waals surface area contributed by atoms with Gasteiger partial charge >= 0.3 is 0 Å². The van der Waals surface area contributed by atoms with E-state index < -0.39 is 0 Å². The summed E-state index contributed by atoms with van der Waals surface area (Å²) in [4.78, 5) is 11.6. The molecule has 9 nitrogen and oxygen atoms in total. The number of nitrogens with one attached hydrogen (secondary N) is 2. The molecule has 0 saturated heterocycles. The molecule has 2 aromatic heterocycles. The van der Waals surface area contributed by atoms with Crippen LogP contribution in [0, 0.1) is 6.92 Å². The first-order valence-electron chi connectivity index (χ1n) is 9.59. The molecule has 9 heteroatoms. The van der Waals surface area contributed by atoms with Gasteiger partial charge in [0.1, 0.15) is 11.6 Å². The summed E-state index contributed by atoms with van der Waals surface area (Å²) in [6.45, 7) is 6.41. The monoisotopic (exact) mass is 373 g/mol. The fraction of sp³-hybridized carbons (Fsp3) is 0.667. The third-order valence-corrected chi connectivity index (χ3v) is 4.79. The lowest BCUT2D eigenvalue weighted by Crippen LogP contribution is -2.42. The highest BCUT2D eigenvalue weighted by Crippen LogP contribution is 2.23. The van der Waals surface area contributed by atoms with E-state index in [0.717, 1.165) is 49.1 Å². The van der Waals surface area contributed by atoms with Crippen molar-refractivity contribution in [2.45, 2.75) is 45.3 Å². The first-order chi connectivity index (χ1) is 13.0. The van der Waals surface area contributed by atoms with Gasteiger partial charge in [-0.2, -0.15) is 10.2 Å². The average molecular weight is 374 g/mol. The molecule has 1 aliphatic rings. The molecule has 2 aromatic rings. The van der Waals surface area contributed by atoms with Gasteiger partial charge in [-0.3, -0.25) is 9.67 Å². The maximum atomic E-state index is 4.85. The van der Waals surface area contributed by atoms with Crippen LogP contribution in [-0.2, 0) is 13.6 Å². The Morgan fingerprint density at radius 1 is 1.44 bits per heavy atom. The lowest BCUT2D eigenvalue weighted by molar-refractivity contribution is 0.306. The van der Waals surface area contributed by atoms with Crippen molar-refractivity contribution in [3.05, 3.63) is 29.6 Å². The van der Waals surface area contributed by atoms with Crippen LogP contribution in [0.4, 0.5) is 0 Å². The molecule has 2 N–H and O–H groups in total. The van der Waals surface area contributed by atoms with Gasteiger partial charge in [0.15, 0.2) is 5.96 Å². The predicted octanol–water partition coefficient (Wildman–Crippen LogP) is 1.01. The quantitative estimate of drug-likeness (QED) is 0.580. The number of rotatable bonds is 6. The van der Waals surface area contributed by atoms with Gasteiger partial charge in [0.25, 0.3) is 0 Å². The predicted molar refractivity (Wildman–Crippen MR) is 105 cm³/mol. The highest BCUT2D eigenvalue weighted by molar-refractivity contribution is 5.80. The largest absolute Gasteiger partial charge is 0.357 e. The fourth-order valence-electron chi connectivity index (χ4n) is 3.45. The number of fused-ring (bicyclic) bond motifs is 1. The number of hydrogen-bond donors (Lipinski definition) is 2. The molecule has 0 radical (unpaired) electrons. The molecule has 2 atom stereocenters. The van der Waals surface area contributed by atoms with Crippen molar-refractivity contribution >= 4 is 5.96 Å². The van der Waals surface area contributed by atoms with Gasteiger partial charge in [0, 0.05) is 31.9 Å². The number of guanidine groups is 1. The van der Waals surface area contributed by atoms with Gasteiger partial charge in [0.05, 0.1) is 24.8 Å². The summed E-state index contributed by atoms with van der Waals surface area (Å²) in [5, 5.41) is 15.7. The van der Waals surface area contributed by atoms with Gasteiger partial charge in [-0.05, 0) is 40.8 Å². The van der Waals surface area contributed by atoms with Gasteiger partial charge in [-0.25, -0.2) is 9.67 Å². The van der Waals surface area contributed by atoms with Crippen LogP contribution in [0.5, 0.6) is 0 Å². The first kappa shape index (κ1) is 19.3. The third kappa shape index (κ3) is 4.65. The highest BCUT2D eigenvalue weighted by atomic mass is 15.4. The van der Waals surface area contributed by atoms with Gasteiger partial charge in [0.2, 0.25) is 0 Å².